The number of hydrogen-bond donors (Lipinski definition) is 1. The van der Waals surface area contributed by atoms with Gasteiger partial charge >= 0.3 is 6.09 Å². The Kier molecular flexibility index (Phi) is 8.81. The summed E-state index contributed by atoms with van der Waals surface area (Å²) >= 11 is 0. The van der Waals surface area contributed by atoms with Crippen molar-refractivity contribution < 1.29 is 28.8 Å². The predicted octanol–water partition coefficient (Wildman–Crippen LogP) is 5.48. The Morgan fingerprint density at radius 3 is 2.64 bits per heavy atom. The minimum Gasteiger partial charge on any atom is -0.490 e. The Bertz CT molecular complexity index is 1160. The number of carboxylic acid groups (broad SMARTS) is 1. The topological polar surface area (TPSA) is 77.5 Å². The number of likely N-dealkylation sites (tertiary alicyclic amines) is 1. The Labute approximate surface area is 211 Å². The van der Waals surface area contributed by atoms with Crippen molar-refractivity contribution in [1.29, 1.82) is 0 Å². The van der Waals surface area contributed by atoms with E-state index >= 15 is 0 Å². The Hall–Kier alpha value is -3.55. The maximum absolute atomic E-state index is 11.7. The highest BCUT2D eigenvalue weighted by Gasteiger charge is 2.33. The molecule has 7 nitrogen and oxygen atoms in total. The molecule has 4 rings (SSSR count). The average molecular weight is 492 g/mol. The molecule has 0 spiro atoms. The van der Waals surface area contributed by atoms with Gasteiger partial charge in [-0.1, -0.05) is 61.2 Å². The molecule has 0 aliphatic carbocycles. The Balaban J connectivity index is 1.55. The molecule has 0 aromatic heterocycles. The van der Waals surface area contributed by atoms with Gasteiger partial charge in [0.15, 0.2) is 0 Å². The van der Waals surface area contributed by atoms with Crippen LogP contribution in [-0.2, 0) is 16.1 Å². The van der Waals surface area contributed by atoms with Crippen LogP contribution < -0.4 is 9.47 Å². The van der Waals surface area contributed by atoms with E-state index in [1.165, 1.54) is 4.90 Å². The van der Waals surface area contributed by atoms with Gasteiger partial charge in [-0.05, 0) is 29.5 Å². The van der Waals surface area contributed by atoms with Crippen LogP contribution in [0.2, 0.25) is 0 Å². The van der Waals surface area contributed by atoms with Gasteiger partial charge in [-0.25, -0.2) is 4.79 Å². The lowest BCUT2D eigenvalue weighted by Crippen LogP contribution is -2.46. The molecule has 1 amide bonds. The molecular weight excluding hydrogens is 458 g/mol. The molecule has 1 N–H and O–H groups in total. The van der Waals surface area contributed by atoms with E-state index in [0.717, 1.165) is 33.4 Å². The first-order valence-electron chi connectivity index (χ1n) is 12.2. The van der Waals surface area contributed by atoms with Gasteiger partial charge < -0.3 is 29.0 Å². The molecule has 0 radical (unpaired) electrons. The quantitative estimate of drug-likeness (QED) is 0.283. The Morgan fingerprint density at radius 2 is 1.89 bits per heavy atom. The molecule has 3 aromatic carbocycles. The van der Waals surface area contributed by atoms with E-state index in [9.17, 15) is 9.90 Å². The predicted molar refractivity (Wildman–Crippen MR) is 139 cm³/mol. The minimum atomic E-state index is -0.926. The summed E-state index contributed by atoms with van der Waals surface area (Å²) in [5.41, 5.74) is 2.02. The molecule has 1 fully saturated rings. The summed E-state index contributed by atoms with van der Waals surface area (Å²) in [5, 5.41) is 11.7. The third-order valence-corrected chi connectivity index (χ3v) is 6.45. The van der Waals surface area contributed by atoms with Crippen molar-refractivity contribution in [1.82, 2.24) is 4.90 Å². The van der Waals surface area contributed by atoms with Crippen LogP contribution in [0.5, 0.6) is 11.5 Å². The number of rotatable bonds is 11. The fraction of sp³-hybridized carbons (Fsp3) is 0.345. The van der Waals surface area contributed by atoms with E-state index in [1.54, 1.807) is 13.2 Å². The van der Waals surface area contributed by atoms with Crippen molar-refractivity contribution in [3.05, 3.63) is 84.4 Å². The number of benzene rings is 3. The minimum absolute atomic E-state index is 0.0624. The van der Waals surface area contributed by atoms with Crippen molar-refractivity contribution >= 4 is 16.9 Å². The van der Waals surface area contributed by atoms with E-state index in [-0.39, 0.29) is 12.0 Å². The second-order valence-electron chi connectivity index (χ2n) is 8.76. The smallest absolute Gasteiger partial charge is 0.407 e. The summed E-state index contributed by atoms with van der Waals surface area (Å²) in [6, 6.07) is 20.1. The maximum Gasteiger partial charge on any atom is 0.407 e. The summed E-state index contributed by atoms with van der Waals surface area (Å²) in [6.07, 6.45) is 1.16. The van der Waals surface area contributed by atoms with Crippen LogP contribution in [0, 0.1) is 0 Å². The van der Waals surface area contributed by atoms with Gasteiger partial charge in [0.05, 0.1) is 25.9 Å². The normalized spacial score (nSPS) is 17.6. The second-order valence-corrected chi connectivity index (χ2v) is 8.76. The number of hydrogen-bond acceptors (Lipinski definition) is 5. The van der Waals surface area contributed by atoms with Crippen molar-refractivity contribution in [3.8, 4) is 11.5 Å². The lowest BCUT2D eigenvalue weighted by atomic mass is 9.87. The van der Waals surface area contributed by atoms with Crippen molar-refractivity contribution in [3.63, 3.8) is 0 Å². The maximum atomic E-state index is 11.7. The SMILES string of the molecule is C=CCOc1ccc(C2CCN(C(=O)O)CC2OCc2ccc3ccccc3c2OCCOC)cc1. The standard InChI is InChI=1S/C29H33NO6/c1-3-16-34-24-12-10-22(11-13-24)25-14-15-30(29(31)32)19-27(25)36-20-23-9-8-21-6-4-5-7-26(21)28(23)35-18-17-33-2/h3-13,25,27H,1,14-20H2,2H3,(H,31,32). The molecule has 2 atom stereocenters. The van der Waals surface area contributed by atoms with Crippen LogP contribution in [0.25, 0.3) is 10.8 Å². The van der Waals surface area contributed by atoms with Gasteiger partial charge in [0.2, 0.25) is 0 Å². The summed E-state index contributed by atoms with van der Waals surface area (Å²) < 4.78 is 23.3. The molecule has 7 heteroatoms. The highest BCUT2D eigenvalue weighted by atomic mass is 16.5. The van der Waals surface area contributed by atoms with Crippen molar-refractivity contribution in [2.45, 2.75) is 25.0 Å². The first-order chi connectivity index (χ1) is 17.6. The molecule has 0 bridgehead atoms. The first-order valence-corrected chi connectivity index (χ1v) is 12.2. The van der Waals surface area contributed by atoms with E-state index < -0.39 is 6.09 Å². The molecule has 0 saturated carbocycles. The van der Waals surface area contributed by atoms with E-state index in [1.807, 2.05) is 54.6 Å². The lowest BCUT2D eigenvalue weighted by Gasteiger charge is -2.37. The van der Waals surface area contributed by atoms with E-state index in [2.05, 4.69) is 12.6 Å². The lowest BCUT2D eigenvalue weighted by molar-refractivity contribution is -0.0206. The van der Waals surface area contributed by atoms with Gasteiger partial charge in [0.25, 0.3) is 0 Å². The molecule has 1 aliphatic rings. The summed E-state index contributed by atoms with van der Waals surface area (Å²) in [7, 11) is 1.64. The molecule has 190 valence electrons. The number of piperidine rings is 1. The number of nitrogens with zero attached hydrogens (tertiary/aromatic N) is 1. The average Bonchev–Trinajstić information content (AvgIpc) is 2.91. The number of fused-ring (bicyclic) bond motifs is 1. The van der Waals surface area contributed by atoms with Crippen LogP contribution in [0.4, 0.5) is 4.79 Å². The second kappa shape index (κ2) is 12.4. The fourth-order valence-corrected chi connectivity index (χ4v) is 4.60. The number of amides is 1. The van der Waals surface area contributed by atoms with Gasteiger partial charge in [-0.3, -0.25) is 0 Å². The van der Waals surface area contributed by atoms with Crippen LogP contribution >= 0.6 is 0 Å². The van der Waals surface area contributed by atoms with E-state index in [4.69, 9.17) is 18.9 Å². The van der Waals surface area contributed by atoms with Crippen LogP contribution in [-0.4, -0.2) is 62.2 Å². The highest BCUT2D eigenvalue weighted by Crippen LogP contribution is 2.35. The number of ether oxygens (including phenoxy) is 4. The zero-order valence-electron chi connectivity index (χ0n) is 20.6. The third-order valence-electron chi connectivity index (χ3n) is 6.45. The summed E-state index contributed by atoms with van der Waals surface area (Å²) in [4.78, 5) is 13.2. The fourth-order valence-electron chi connectivity index (χ4n) is 4.60. The largest absolute Gasteiger partial charge is 0.490 e. The molecule has 36 heavy (non-hydrogen) atoms. The van der Waals surface area contributed by atoms with Crippen LogP contribution in [0.15, 0.2) is 73.3 Å². The van der Waals surface area contributed by atoms with Gasteiger partial charge in [-0.15, -0.1) is 0 Å². The molecule has 1 aliphatic heterocycles. The van der Waals surface area contributed by atoms with Crippen molar-refractivity contribution in [2.24, 2.45) is 0 Å². The zero-order valence-corrected chi connectivity index (χ0v) is 20.6. The molecular formula is C29H33NO6. The molecule has 1 saturated heterocycles. The first kappa shape index (κ1) is 25.5. The van der Waals surface area contributed by atoms with Gasteiger partial charge in [0, 0.05) is 30.5 Å². The van der Waals surface area contributed by atoms with Gasteiger partial charge in [0.1, 0.15) is 24.7 Å². The highest BCUT2D eigenvalue weighted by molar-refractivity contribution is 5.89. The third kappa shape index (κ3) is 6.17. The molecule has 2 unspecified atom stereocenters. The number of carbonyl (C=O) groups is 1. The van der Waals surface area contributed by atoms with Gasteiger partial charge in [-0.2, -0.15) is 0 Å². The summed E-state index contributed by atoms with van der Waals surface area (Å²) in [6.45, 7) is 6.12. The van der Waals surface area contributed by atoms with Crippen LogP contribution in [0.3, 0.4) is 0 Å². The monoisotopic (exact) mass is 491 g/mol. The van der Waals surface area contributed by atoms with Crippen LogP contribution in [0.1, 0.15) is 23.5 Å². The molecule has 1 heterocycles. The molecule has 3 aromatic rings. The Morgan fingerprint density at radius 1 is 1.08 bits per heavy atom. The summed E-state index contributed by atoms with van der Waals surface area (Å²) in [5.74, 6) is 1.61. The number of methoxy groups -OCH3 is 1. The van der Waals surface area contributed by atoms with Crippen molar-refractivity contribution in [2.75, 3.05) is 40.0 Å². The van der Waals surface area contributed by atoms with E-state index in [0.29, 0.717) is 45.9 Å². The zero-order chi connectivity index (χ0) is 25.3.